The molecule has 0 unspecified atom stereocenters. The molecule has 0 radical (unpaired) electrons. The molecule has 11 nitrogen and oxygen atoms in total. The molecule has 5 rings (SSSR count). The van der Waals surface area contributed by atoms with Crippen LogP contribution in [0.2, 0.25) is 0 Å². The van der Waals surface area contributed by atoms with Gasteiger partial charge in [0.15, 0.2) is 10.8 Å². The first-order valence-electron chi connectivity index (χ1n) is 12.5. The van der Waals surface area contributed by atoms with Crippen LogP contribution in [0.1, 0.15) is 38.0 Å². The molecule has 0 bridgehead atoms. The van der Waals surface area contributed by atoms with Gasteiger partial charge in [-0.05, 0) is 61.6 Å². The number of rotatable bonds is 8. The third-order valence-corrected chi connectivity index (χ3v) is 6.58. The molecule has 0 aliphatic carbocycles. The van der Waals surface area contributed by atoms with Gasteiger partial charge in [0.2, 0.25) is 5.95 Å². The smallest absolute Gasteiger partial charge is 0.270 e. The Bertz CT molecular complexity index is 1750. The minimum atomic E-state index is -0.423. The van der Waals surface area contributed by atoms with E-state index in [0.717, 1.165) is 11.3 Å². The fraction of sp³-hybridized carbons (Fsp3) is 0.179. The topological polar surface area (TPSA) is 144 Å². The molecule has 0 aliphatic rings. The van der Waals surface area contributed by atoms with Crippen molar-refractivity contribution in [3.8, 4) is 22.6 Å². The monoisotopic (exact) mass is 568 g/mol. The lowest BCUT2D eigenvalue weighted by molar-refractivity contribution is 0.0945. The summed E-state index contributed by atoms with van der Waals surface area (Å²) >= 11 is 1.22. The Kier molecular flexibility index (Phi) is 8.06. The SMILES string of the molecule is CN=Cc1nc(Nc2cc(C)nc(-c3cnc(C(=O)NCc4ccc(-c5cc(F)cnc5C)nc4)c(C)c3)n2)ns1. The molecule has 0 spiro atoms. The minimum Gasteiger partial charge on any atom is -0.347 e. The molecule has 0 atom stereocenters. The van der Waals surface area contributed by atoms with Crippen LogP contribution in [0.15, 0.2) is 53.9 Å². The molecule has 0 saturated carbocycles. The van der Waals surface area contributed by atoms with E-state index in [2.05, 4.69) is 49.9 Å². The Hall–Kier alpha value is -5.04. The highest BCUT2D eigenvalue weighted by Gasteiger charge is 2.15. The number of nitrogens with one attached hydrogen (secondary N) is 2. The second kappa shape index (κ2) is 12.0. The first-order valence-corrected chi connectivity index (χ1v) is 13.3. The number of aliphatic imine (C=N–C) groups is 1. The summed E-state index contributed by atoms with van der Waals surface area (Å²) in [5.74, 6) is 0.662. The molecule has 2 N–H and O–H groups in total. The molecule has 1 amide bonds. The van der Waals surface area contributed by atoms with E-state index in [4.69, 9.17) is 0 Å². The molecule has 5 aromatic rings. The van der Waals surface area contributed by atoms with Crippen molar-refractivity contribution in [2.45, 2.75) is 27.3 Å². The Labute approximate surface area is 239 Å². The number of anilines is 2. The summed E-state index contributed by atoms with van der Waals surface area (Å²) in [6.45, 7) is 5.72. The van der Waals surface area contributed by atoms with Crippen LogP contribution in [0.4, 0.5) is 16.2 Å². The molecule has 41 heavy (non-hydrogen) atoms. The maximum atomic E-state index is 13.6. The van der Waals surface area contributed by atoms with Crippen LogP contribution in [0.25, 0.3) is 22.6 Å². The predicted molar refractivity (Wildman–Crippen MR) is 155 cm³/mol. The average molecular weight is 569 g/mol. The van der Waals surface area contributed by atoms with Crippen molar-refractivity contribution in [2.75, 3.05) is 12.4 Å². The fourth-order valence-corrected chi connectivity index (χ4v) is 4.53. The van der Waals surface area contributed by atoms with Crippen molar-refractivity contribution in [1.29, 1.82) is 0 Å². The summed E-state index contributed by atoms with van der Waals surface area (Å²) in [4.78, 5) is 43.2. The largest absolute Gasteiger partial charge is 0.347 e. The summed E-state index contributed by atoms with van der Waals surface area (Å²) in [7, 11) is 1.67. The quantitative estimate of drug-likeness (QED) is 0.256. The van der Waals surface area contributed by atoms with Gasteiger partial charge in [-0.1, -0.05) is 6.07 Å². The van der Waals surface area contributed by atoms with Crippen molar-refractivity contribution in [1.82, 2.24) is 39.6 Å². The number of pyridine rings is 3. The molecule has 13 heteroatoms. The highest BCUT2D eigenvalue weighted by atomic mass is 32.1. The molecular weight excluding hydrogens is 543 g/mol. The number of nitrogens with zero attached hydrogens (tertiary/aromatic N) is 8. The van der Waals surface area contributed by atoms with E-state index in [1.54, 1.807) is 44.7 Å². The summed E-state index contributed by atoms with van der Waals surface area (Å²) in [5.41, 5.74) is 5.07. The molecule has 0 saturated heterocycles. The normalized spacial score (nSPS) is 11.1. The molecule has 5 aromatic heterocycles. The Morgan fingerprint density at radius 1 is 1.02 bits per heavy atom. The van der Waals surface area contributed by atoms with Gasteiger partial charge in [-0.25, -0.2) is 14.4 Å². The Morgan fingerprint density at radius 3 is 2.63 bits per heavy atom. The summed E-state index contributed by atoms with van der Waals surface area (Å²) < 4.78 is 17.9. The van der Waals surface area contributed by atoms with Crippen molar-refractivity contribution >= 4 is 35.4 Å². The van der Waals surface area contributed by atoms with Crippen LogP contribution >= 0.6 is 11.5 Å². The third-order valence-electron chi connectivity index (χ3n) is 5.93. The van der Waals surface area contributed by atoms with Crippen LogP contribution in [-0.2, 0) is 6.54 Å². The predicted octanol–water partition coefficient (Wildman–Crippen LogP) is 4.63. The average Bonchev–Trinajstić information content (AvgIpc) is 3.39. The van der Waals surface area contributed by atoms with Crippen molar-refractivity contribution in [3.63, 3.8) is 0 Å². The van der Waals surface area contributed by atoms with E-state index in [-0.39, 0.29) is 12.5 Å². The minimum absolute atomic E-state index is 0.252. The standard InChI is InChI=1S/C28H25FN10OS/c1-15-7-19(26-35-16(2)8-23(36-26)37-28-38-24(14-30-4)41-39-28)12-33-25(15)27(40)34-11-18-5-6-22(32-10-18)21-9-20(29)13-31-17(21)3/h5-10,12-14H,11H2,1-4H3,(H,34,40)(H,35,36,37,39). The Balaban J connectivity index is 1.26. The van der Waals surface area contributed by atoms with Crippen LogP contribution < -0.4 is 10.6 Å². The number of amides is 1. The van der Waals surface area contributed by atoms with Gasteiger partial charge in [0.05, 0.1) is 18.1 Å². The summed E-state index contributed by atoms with van der Waals surface area (Å²) in [5, 5.41) is 6.65. The number of hydrogen-bond donors (Lipinski definition) is 2. The van der Waals surface area contributed by atoms with Crippen molar-refractivity contribution in [2.24, 2.45) is 4.99 Å². The first kappa shape index (κ1) is 27.5. The van der Waals surface area contributed by atoms with Gasteiger partial charge < -0.3 is 10.6 Å². The summed E-state index contributed by atoms with van der Waals surface area (Å²) in [6, 6.07) is 8.62. The number of aromatic nitrogens is 7. The molecule has 5 heterocycles. The van der Waals surface area contributed by atoms with E-state index in [1.807, 2.05) is 26.0 Å². The lowest BCUT2D eigenvalue weighted by atomic mass is 10.1. The zero-order valence-corrected chi connectivity index (χ0v) is 23.5. The van der Waals surface area contributed by atoms with E-state index in [0.29, 0.717) is 56.4 Å². The second-order valence-electron chi connectivity index (χ2n) is 9.10. The van der Waals surface area contributed by atoms with Gasteiger partial charge in [-0.15, -0.1) is 0 Å². The molecular formula is C28H25FN10OS. The number of carbonyl (C=O) groups is 1. The molecule has 0 fully saturated rings. The highest BCUT2D eigenvalue weighted by molar-refractivity contribution is 7.07. The third kappa shape index (κ3) is 6.58. The van der Waals surface area contributed by atoms with Gasteiger partial charge in [0.25, 0.3) is 5.91 Å². The maximum absolute atomic E-state index is 13.6. The second-order valence-corrected chi connectivity index (χ2v) is 9.88. The van der Waals surface area contributed by atoms with Gasteiger partial charge in [-0.3, -0.25) is 24.7 Å². The zero-order valence-electron chi connectivity index (χ0n) is 22.7. The first-order chi connectivity index (χ1) is 19.8. The summed E-state index contributed by atoms with van der Waals surface area (Å²) in [6.07, 6.45) is 6.02. The number of halogens is 1. The molecule has 0 aliphatic heterocycles. The number of aryl methyl sites for hydroxylation is 3. The van der Waals surface area contributed by atoms with Crippen LogP contribution in [0, 0.1) is 26.6 Å². The number of carbonyl (C=O) groups excluding carboxylic acids is 1. The van der Waals surface area contributed by atoms with Gasteiger partial charge in [0.1, 0.15) is 17.3 Å². The van der Waals surface area contributed by atoms with Crippen LogP contribution in [0.5, 0.6) is 0 Å². The van der Waals surface area contributed by atoms with Gasteiger partial charge in [-0.2, -0.15) is 9.36 Å². The van der Waals surface area contributed by atoms with Crippen LogP contribution in [0.3, 0.4) is 0 Å². The van der Waals surface area contributed by atoms with E-state index < -0.39 is 5.82 Å². The lowest BCUT2D eigenvalue weighted by Gasteiger charge is -2.10. The van der Waals surface area contributed by atoms with Gasteiger partial charge >= 0.3 is 0 Å². The fourth-order valence-electron chi connectivity index (χ4n) is 3.98. The van der Waals surface area contributed by atoms with Gasteiger partial charge in [0, 0.05) is 54.6 Å². The zero-order chi connectivity index (χ0) is 28.9. The Morgan fingerprint density at radius 2 is 1.88 bits per heavy atom. The van der Waals surface area contributed by atoms with E-state index in [9.17, 15) is 9.18 Å². The molecule has 206 valence electrons. The van der Waals surface area contributed by atoms with Crippen molar-refractivity contribution in [3.05, 3.63) is 88.0 Å². The van der Waals surface area contributed by atoms with Crippen LogP contribution in [-0.4, -0.2) is 53.4 Å². The maximum Gasteiger partial charge on any atom is 0.270 e. The van der Waals surface area contributed by atoms with E-state index in [1.165, 1.54) is 23.8 Å². The molecule has 0 aromatic carbocycles. The van der Waals surface area contributed by atoms with E-state index >= 15 is 0 Å². The highest BCUT2D eigenvalue weighted by Crippen LogP contribution is 2.23. The number of hydrogen-bond acceptors (Lipinski definition) is 11. The van der Waals surface area contributed by atoms with Crippen molar-refractivity contribution < 1.29 is 9.18 Å². The lowest BCUT2D eigenvalue weighted by Crippen LogP contribution is -2.24.